The zero-order valence-electron chi connectivity index (χ0n) is 12.8. The van der Waals surface area contributed by atoms with Gasteiger partial charge in [-0.3, -0.25) is 4.68 Å². The van der Waals surface area contributed by atoms with E-state index in [0.29, 0.717) is 18.4 Å². The molecule has 0 amide bonds. The van der Waals surface area contributed by atoms with Crippen LogP contribution in [0.25, 0.3) is 22.2 Å². The number of nitrogens with zero attached hydrogens (tertiary/aromatic N) is 2. The SMILES string of the molecule is CCCn1nc(-c2ccc(O)cc2O)c2cccc(C(F)(F)F)c21. The van der Waals surface area contributed by atoms with Crippen LogP contribution in [0.4, 0.5) is 13.2 Å². The molecule has 0 unspecified atom stereocenters. The van der Waals surface area contributed by atoms with Crippen LogP contribution in [0.2, 0.25) is 0 Å². The number of phenolic OH excluding ortho intramolecular Hbond substituents is 2. The van der Waals surface area contributed by atoms with E-state index in [4.69, 9.17) is 0 Å². The van der Waals surface area contributed by atoms with Gasteiger partial charge in [0.1, 0.15) is 17.2 Å². The monoisotopic (exact) mass is 336 g/mol. The average molecular weight is 336 g/mol. The Bertz CT molecular complexity index is 901. The standard InChI is InChI=1S/C17H15F3N2O2/c1-2-8-22-16-12(4-3-5-13(16)17(18,19)20)15(21-22)11-7-6-10(23)9-14(11)24/h3-7,9,23-24H,2,8H2,1H3. The van der Waals surface area contributed by atoms with Crippen LogP contribution in [0, 0.1) is 0 Å². The lowest BCUT2D eigenvalue weighted by atomic mass is 10.0. The number of hydrogen-bond donors (Lipinski definition) is 2. The lowest BCUT2D eigenvalue weighted by Crippen LogP contribution is -2.09. The van der Waals surface area contributed by atoms with E-state index in [-0.39, 0.29) is 28.3 Å². The summed E-state index contributed by atoms with van der Waals surface area (Å²) in [7, 11) is 0. The van der Waals surface area contributed by atoms with Gasteiger partial charge in [0.15, 0.2) is 0 Å². The van der Waals surface area contributed by atoms with Crippen molar-refractivity contribution in [2.24, 2.45) is 0 Å². The molecule has 0 aliphatic heterocycles. The van der Waals surface area contributed by atoms with E-state index in [0.717, 1.165) is 12.1 Å². The first-order chi connectivity index (χ1) is 11.3. The van der Waals surface area contributed by atoms with Gasteiger partial charge in [0, 0.05) is 23.6 Å². The number of benzene rings is 2. The summed E-state index contributed by atoms with van der Waals surface area (Å²) in [6.45, 7) is 2.17. The molecule has 4 nitrogen and oxygen atoms in total. The van der Waals surface area contributed by atoms with Gasteiger partial charge in [0.2, 0.25) is 0 Å². The van der Waals surface area contributed by atoms with Crippen molar-refractivity contribution in [1.29, 1.82) is 0 Å². The van der Waals surface area contributed by atoms with Crippen molar-refractivity contribution in [2.75, 3.05) is 0 Å². The second-order valence-corrected chi connectivity index (χ2v) is 5.47. The van der Waals surface area contributed by atoms with Crippen LogP contribution in [-0.4, -0.2) is 20.0 Å². The summed E-state index contributed by atoms with van der Waals surface area (Å²) < 4.78 is 41.4. The molecule has 0 bridgehead atoms. The number of rotatable bonds is 3. The van der Waals surface area contributed by atoms with Crippen LogP contribution in [0.3, 0.4) is 0 Å². The second-order valence-electron chi connectivity index (χ2n) is 5.47. The first-order valence-corrected chi connectivity index (χ1v) is 7.42. The Morgan fingerprint density at radius 1 is 1.12 bits per heavy atom. The highest BCUT2D eigenvalue weighted by atomic mass is 19.4. The number of phenols is 2. The quantitative estimate of drug-likeness (QED) is 0.738. The van der Waals surface area contributed by atoms with Crippen LogP contribution in [0.1, 0.15) is 18.9 Å². The normalized spacial score (nSPS) is 12.0. The number of alkyl halides is 3. The molecule has 2 N–H and O–H groups in total. The van der Waals surface area contributed by atoms with Crippen molar-refractivity contribution in [3.05, 3.63) is 42.0 Å². The van der Waals surface area contributed by atoms with Crippen molar-refractivity contribution in [1.82, 2.24) is 9.78 Å². The van der Waals surface area contributed by atoms with Crippen molar-refractivity contribution >= 4 is 10.9 Å². The third-order valence-corrected chi connectivity index (χ3v) is 3.75. The lowest BCUT2D eigenvalue weighted by Gasteiger charge is -2.10. The summed E-state index contributed by atoms with van der Waals surface area (Å²) in [4.78, 5) is 0. The Morgan fingerprint density at radius 3 is 2.50 bits per heavy atom. The van der Waals surface area contributed by atoms with Gasteiger partial charge in [-0.2, -0.15) is 18.3 Å². The maximum absolute atomic E-state index is 13.4. The molecule has 0 radical (unpaired) electrons. The maximum atomic E-state index is 13.4. The molecule has 2 aromatic carbocycles. The van der Waals surface area contributed by atoms with E-state index in [9.17, 15) is 23.4 Å². The van der Waals surface area contributed by atoms with Gasteiger partial charge >= 0.3 is 6.18 Å². The third-order valence-electron chi connectivity index (χ3n) is 3.75. The van der Waals surface area contributed by atoms with E-state index in [1.165, 1.54) is 22.9 Å². The minimum atomic E-state index is -4.50. The Labute approximate surface area is 135 Å². The predicted octanol–water partition coefficient (Wildman–Crippen LogP) is 4.54. The van der Waals surface area contributed by atoms with Crippen molar-refractivity contribution in [3.8, 4) is 22.8 Å². The zero-order valence-corrected chi connectivity index (χ0v) is 12.8. The number of fused-ring (bicyclic) bond motifs is 1. The number of hydrogen-bond acceptors (Lipinski definition) is 3. The van der Waals surface area contributed by atoms with Gasteiger partial charge < -0.3 is 10.2 Å². The highest BCUT2D eigenvalue weighted by Gasteiger charge is 2.35. The van der Waals surface area contributed by atoms with Gasteiger partial charge in [-0.1, -0.05) is 19.1 Å². The molecular formula is C17H15F3N2O2. The summed E-state index contributed by atoms with van der Waals surface area (Å²) in [6.07, 6.45) is -3.89. The summed E-state index contributed by atoms with van der Waals surface area (Å²) in [6, 6.07) is 7.82. The van der Waals surface area contributed by atoms with E-state index in [2.05, 4.69) is 5.10 Å². The van der Waals surface area contributed by atoms with E-state index < -0.39 is 11.7 Å². The van der Waals surface area contributed by atoms with Gasteiger partial charge in [0.25, 0.3) is 0 Å². The van der Waals surface area contributed by atoms with E-state index in [1.807, 2.05) is 6.92 Å². The van der Waals surface area contributed by atoms with Crippen molar-refractivity contribution < 1.29 is 23.4 Å². The van der Waals surface area contributed by atoms with Gasteiger partial charge in [-0.05, 0) is 24.6 Å². The summed E-state index contributed by atoms with van der Waals surface area (Å²) in [5.41, 5.74) is -0.242. The topological polar surface area (TPSA) is 58.3 Å². The minimum absolute atomic E-state index is 0.00525. The summed E-state index contributed by atoms with van der Waals surface area (Å²) in [5.74, 6) is -0.375. The Kier molecular flexibility index (Phi) is 3.87. The van der Waals surface area contributed by atoms with Crippen molar-refractivity contribution in [2.45, 2.75) is 26.1 Å². The lowest BCUT2D eigenvalue weighted by molar-refractivity contribution is -0.136. The number of halogens is 3. The summed E-state index contributed by atoms with van der Waals surface area (Å²) in [5, 5.41) is 24.0. The third kappa shape index (κ3) is 2.66. The fourth-order valence-corrected chi connectivity index (χ4v) is 2.76. The Morgan fingerprint density at radius 2 is 1.88 bits per heavy atom. The molecule has 0 aliphatic rings. The molecule has 24 heavy (non-hydrogen) atoms. The molecular weight excluding hydrogens is 321 g/mol. The molecule has 1 heterocycles. The predicted molar refractivity (Wildman–Crippen MR) is 83.8 cm³/mol. The highest BCUT2D eigenvalue weighted by Crippen LogP contribution is 2.40. The first-order valence-electron chi connectivity index (χ1n) is 7.42. The van der Waals surface area contributed by atoms with Crippen LogP contribution >= 0.6 is 0 Å². The smallest absolute Gasteiger partial charge is 0.418 e. The molecule has 3 rings (SSSR count). The molecule has 0 saturated carbocycles. The van der Waals surface area contributed by atoms with Crippen LogP contribution in [0.15, 0.2) is 36.4 Å². The van der Waals surface area contributed by atoms with Gasteiger partial charge in [-0.15, -0.1) is 0 Å². The number of aromatic hydroxyl groups is 2. The zero-order chi connectivity index (χ0) is 17.5. The second kappa shape index (κ2) is 5.74. The average Bonchev–Trinajstić information content (AvgIpc) is 2.85. The van der Waals surface area contributed by atoms with Crippen LogP contribution in [-0.2, 0) is 12.7 Å². The molecule has 3 aromatic rings. The Hall–Kier alpha value is -2.70. The minimum Gasteiger partial charge on any atom is -0.508 e. The molecule has 0 spiro atoms. The van der Waals surface area contributed by atoms with Crippen molar-refractivity contribution in [3.63, 3.8) is 0 Å². The molecule has 126 valence electrons. The fourth-order valence-electron chi connectivity index (χ4n) is 2.76. The highest BCUT2D eigenvalue weighted by molar-refractivity contribution is 5.96. The molecule has 0 fully saturated rings. The fraction of sp³-hybridized carbons (Fsp3) is 0.235. The Balaban J connectivity index is 2.34. The van der Waals surface area contributed by atoms with Gasteiger partial charge in [-0.25, -0.2) is 0 Å². The van der Waals surface area contributed by atoms with E-state index >= 15 is 0 Å². The number of aromatic nitrogens is 2. The summed E-state index contributed by atoms with van der Waals surface area (Å²) >= 11 is 0. The molecule has 0 atom stereocenters. The number of para-hydroxylation sites is 1. The molecule has 0 aliphatic carbocycles. The maximum Gasteiger partial charge on any atom is 0.418 e. The van der Waals surface area contributed by atoms with E-state index in [1.54, 1.807) is 6.07 Å². The van der Waals surface area contributed by atoms with Crippen LogP contribution < -0.4 is 0 Å². The largest absolute Gasteiger partial charge is 0.508 e. The molecule has 1 aromatic heterocycles. The van der Waals surface area contributed by atoms with Crippen LogP contribution in [0.5, 0.6) is 11.5 Å². The molecule has 0 saturated heterocycles. The first kappa shape index (κ1) is 16.2. The van der Waals surface area contributed by atoms with Gasteiger partial charge in [0.05, 0.1) is 11.1 Å². The molecule has 7 heteroatoms. The number of aryl methyl sites for hydroxylation is 1.